The molecule has 112 valence electrons. The lowest BCUT2D eigenvalue weighted by atomic mass is 10.2. The summed E-state index contributed by atoms with van der Waals surface area (Å²) < 4.78 is 5.25. The highest BCUT2D eigenvalue weighted by molar-refractivity contribution is 7.09. The molecule has 21 heavy (non-hydrogen) atoms. The van der Waals surface area contributed by atoms with E-state index in [4.69, 9.17) is 4.74 Å². The number of nitrogens with zero attached hydrogens (tertiary/aromatic N) is 3. The number of non-ortho nitro benzene ring substituents is 1. The number of anilines is 1. The first kappa shape index (κ1) is 15.4. The second-order valence-electron chi connectivity index (χ2n) is 4.68. The first-order valence-corrected chi connectivity index (χ1v) is 7.32. The fourth-order valence-corrected chi connectivity index (χ4v) is 2.69. The topological polar surface area (TPSA) is 68.5 Å². The van der Waals surface area contributed by atoms with Gasteiger partial charge in [-0.05, 0) is 19.1 Å². The van der Waals surface area contributed by atoms with Crippen molar-refractivity contribution < 1.29 is 9.66 Å². The Morgan fingerprint density at radius 2 is 2.10 bits per heavy atom. The van der Waals surface area contributed by atoms with Gasteiger partial charge in [0.1, 0.15) is 11.1 Å². The van der Waals surface area contributed by atoms with Crippen LogP contribution in [-0.2, 0) is 11.3 Å². The first-order valence-electron chi connectivity index (χ1n) is 6.44. The van der Waals surface area contributed by atoms with Crippen LogP contribution < -0.4 is 4.90 Å². The van der Waals surface area contributed by atoms with Crippen LogP contribution in [0.25, 0.3) is 0 Å². The molecule has 6 nitrogen and oxygen atoms in total. The van der Waals surface area contributed by atoms with Crippen LogP contribution in [0, 0.1) is 10.1 Å². The molecular weight excluding hydrogens is 290 g/mol. The van der Waals surface area contributed by atoms with Crippen LogP contribution in [-0.4, -0.2) is 24.1 Å². The number of rotatable bonds is 6. The maximum Gasteiger partial charge on any atom is 0.269 e. The van der Waals surface area contributed by atoms with Crippen molar-refractivity contribution in [3.63, 3.8) is 0 Å². The van der Waals surface area contributed by atoms with Crippen molar-refractivity contribution in [3.8, 4) is 0 Å². The summed E-state index contributed by atoms with van der Waals surface area (Å²) in [6.07, 6.45) is -0.00608. The molecule has 0 aliphatic rings. The Labute approximate surface area is 127 Å². The van der Waals surface area contributed by atoms with Gasteiger partial charge in [-0.2, -0.15) is 0 Å². The Morgan fingerprint density at radius 1 is 1.43 bits per heavy atom. The summed E-state index contributed by atoms with van der Waals surface area (Å²) in [4.78, 5) is 16.8. The molecule has 1 unspecified atom stereocenters. The molecule has 1 aromatic carbocycles. The van der Waals surface area contributed by atoms with Crippen molar-refractivity contribution in [1.29, 1.82) is 0 Å². The highest BCUT2D eigenvalue weighted by Crippen LogP contribution is 2.23. The van der Waals surface area contributed by atoms with E-state index in [1.54, 1.807) is 30.6 Å². The van der Waals surface area contributed by atoms with E-state index < -0.39 is 4.92 Å². The molecule has 0 fully saturated rings. The van der Waals surface area contributed by atoms with Gasteiger partial charge in [-0.25, -0.2) is 4.98 Å². The SMILES string of the molecule is COC(C)c1nc(CN(C)c2ccc([N+](=O)[O-])cc2)cs1. The number of hydrogen-bond acceptors (Lipinski definition) is 6. The summed E-state index contributed by atoms with van der Waals surface area (Å²) in [6, 6.07) is 6.49. The molecule has 0 saturated carbocycles. The molecule has 0 aliphatic carbocycles. The Kier molecular flexibility index (Phi) is 4.87. The first-order chi connectivity index (χ1) is 10.0. The van der Waals surface area contributed by atoms with Crippen LogP contribution in [0.3, 0.4) is 0 Å². The Hall–Kier alpha value is -1.99. The number of hydrogen-bond donors (Lipinski definition) is 0. The largest absolute Gasteiger partial charge is 0.375 e. The maximum atomic E-state index is 10.6. The monoisotopic (exact) mass is 307 g/mol. The van der Waals surface area contributed by atoms with Crippen LogP contribution in [0.1, 0.15) is 23.7 Å². The summed E-state index contributed by atoms with van der Waals surface area (Å²) in [7, 11) is 3.59. The fraction of sp³-hybridized carbons (Fsp3) is 0.357. The zero-order valence-corrected chi connectivity index (χ0v) is 13.0. The lowest BCUT2D eigenvalue weighted by Gasteiger charge is -2.17. The van der Waals surface area contributed by atoms with Crippen LogP contribution in [0.5, 0.6) is 0 Å². The zero-order valence-electron chi connectivity index (χ0n) is 12.1. The Balaban J connectivity index is 2.05. The fourth-order valence-electron chi connectivity index (χ4n) is 1.85. The molecular formula is C14H17N3O3S. The number of nitro benzene ring substituents is 1. The van der Waals surface area contributed by atoms with Gasteiger partial charge in [0.15, 0.2) is 0 Å². The molecule has 0 radical (unpaired) electrons. The summed E-state index contributed by atoms with van der Waals surface area (Å²) in [5.74, 6) is 0. The number of thiazole rings is 1. The molecule has 0 saturated heterocycles. The summed E-state index contributed by atoms with van der Waals surface area (Å²) in [5, 5.41) is 13.6. The molecule has 7 heteroatoms. The Bertz CT molecular complexity index is 612. The molecule has 2 rings (SSSR count). The number of aromatic nitrogens is 1. The molecule has 1 atom stereocenters. The highest BCUT2D eigenvalue weighted by Gasteiger charge is 2.12. The van der Waals surface area contributed by atoms with Crippen molar-refractivity contribution in [2.24, 2.45) is 0 Å². The van der Waals surface area contributed by atoms with E-state index in [-0.39, 0.29) is 11.8 Å². The quantitative estimate of drug-likeness (QED) is 0.604. The minimum atomic E-state index is -0.400. The normalized spacial score (nSPS) is 12.1. The van der Waals surface area contributed by atoms with Gasteiger partial charge in [0.05, 0.1) is 17.2 Å². The average Bonchev–Trinajstić information content (AvgIpc) is 2.95. The molecule has 1 heterocycles. The van der Waals surface area contributed by atoms with Crippen LogP contribution in [0.4, 0.5) is 11.4 Å². The van der Waals surface area contributed by atoms with Crippen molar-refractivity contribution in [2.45, 2.75) is 19.6 Å². The maximum absolute atomic E-state index is 10.6. The minimum Gasteiger partial charge on any atom is -0.375 e. The van der Waals surface area contributed by atoms with Crippen LogP contribution >= 0.6 is 11.3 Å². The van der Waals surface area contributed by atoms with Crippen LogP contribution in [0.2, 0.25) is 0 Å². The molecule has 0 spiro atoms. The summed E-state index contributed by atoms with van der Waals surface area (Å²) in [6.45, 7) is 2.60. The van der Waals surface area contributed by atoms with Crippen molar-refractivity contribution in [1.82, 2.24) is 4.98 Å². The lowest BCUT2D eigenvalue weighted by Crippen LogP contribution is -2.16. The molecule has 1 aromatic heterocycles. The van der Waals surface area contributed by atoms with Crippen molar-refractivity contribution >= 4 is 22.7 Å². The number of nitro groups is 1. The second kappa shape index (κ2) is 6.64. The minimum absolute atomic E-state index is 0.00608. The van der Waals surface area contributed by atoms with Crippen molar-refractivity contribution in [2.75, 3.05) is 19.1 Å². The van der Waals surface area contributed by atoms with Crippen molar-refractivity contribution in [3.05, 3.63) is 50.5 Å². The molecule has 0 amide bonds. The van der Waals surface area contributed by atoms with Gasteiger partial charge in [0.2, 0.25) is 0 Å². The van der Waals surface area contributed by atoms with Gasteiger partial charge < -0.3 is 9.64 Å². The summed E-state index contributed by atoms with van der Waals surface area (Å²) >= 11 is 1.57. The van der Waals surface area contributed by atoms with E-state index in [2.05, 4.69) is 4.98 Å². The lowest BCUT2D eigenvalue weighted by molar-refractivity contribution is -0.384. The van der Waals surface area contributed by atoms with Gasteiger partial charge in [0, 0.05) is 37.4 Å². The molecule has 0 bridgehead atoms. The van der Waals surface area contributed by atoms with Gasteiger partial charge >= 0.3 is 0 Å². The highest BCUT2D eigenvalue weighted by atomic mass is 32.1. The van der Waals surface area contributed by atoms with E-state index in [1.165, 1.54) is 12.1 Å². The third-order valence-electron chi connectivity index (χ3n) is 3.17. The molecule has 0 aliphatic heterocycles. The number of ether oxygens (including phenoxy) is 1. The second-order valence-corrected chi connectivity index (χ2v) is 5.57. The predicted octanol–water partition coefficient (Wildman–Crippen LogP) is 3.40. The van der Waals surface area contributed by atoms with Gasteiger partial charge in [-0.15, -0.1) is 11.3 Å². The number of methoxy groups -OCH3 is 1. The predicted molar refractivity (Wildman–Crippen MR) is 82.7 cm³/mol. The van der Waals surface area contributed by atoms with E-state index in [9.17, 15) is 10.1 Å². The van der Waals surface area contributed by atoms with E-state index in [1.807, 2.05) is 24.3 Å². The number of benzene rings is 1. The smallest absolute Gasteiger partial charge is 0.269 e. The van der Waals surface area contributed by atoms with E-state index in [0.29, 0.717) is 6.54 Å². The van der Waals surface area contributed by atoms with Gasteiger partial charge in [0.25, 0.3) is 5.69 Å². The molecule has 0 N–H and O–H groups in total. The zero-order chi connectivity index (χ0) is 15.4. The summed E-state index contributed by atoms with van der Waals surface area (Å²) in [5.41, 5.74) is 1.96. The molecule has 2 aromatic rings. The van der Waals surface area contributed by atoms with Crippen LogP contribution in [0.15, 0.2) is 29.6 Å². The standard InChI is InChI=1S/C14H17N3O3S/c1-10(20-3)14-15-11(9-21-14)8-16(2)12-4-6-13(7-5-12)17(18)19/h4-7,9-10H,8H2,1-3H3. The van der Waals surface area contributed by atoms with Gasteiger partial charge in [-0.3, -0.25) is 10.1 Å². The van der Waals surface area contributed by atoms with E-state index in [0.717, 1.165) is 16.4 Å². The third-order valence-corrected chi connectivity index (χ3v) is 4.23. The van der Waals surface area contributed by atoms with Gasteiger partial charge in [-0.1, -0.05) is 0 Å². The van der Waals surface area contributed by atoms with E-state index >= 15 is 0 Å². The third kappa shape index (κ3) is 3.77. The average molecular weight is 307 g/mol. The Morgan fingerprint density at radius 3 is 2.67 bits per heavy atom.